The van der Waals surface area contributed by atoms with Crippen LogP contribution in [0, 0.1) is 5.92 Å². The molecule has 0 unspecified atom stereocenters. The fraction of sp³-hybridized carbons (Fsp3) is 0.812. The summed E-state index contributed by atoms with van der Waals surface area (Å²) in [6, 6.07) is -0.613. The van der Waals surface area contributed by atoms with E-state index in [-0.39, 0.29) is 17.7 Å². The molecule has 1 aliphatic heterocycles. The van der Waals surface area contributed by atoms with Crippen molar-refractivity contribution in [2.24, 2.45) is 11.7 Å². The van der Waals surface area contributed by atoms with E-state index in [4.69, 9.17) is 10.5 Å². The normalized spacial score (nSPS) is 17.2. The molecule has 0 radical (unpaired) electrons. The second kappa shape index (κ2) is 9.15. The molecule has 0 aromatic carbocycles. The first-order valence-electron chi connectivity index (χ1n) is 8.20. The molecular formula is C16H29N3O4S. The predicted molar refractivity (Wildman–Crippen MR) is 94.7 cm³/mol. The van der Waals surface area contributed by atoms with E-state index in [1.54, 1.807) is 37.4 Å². The zero-order valence-electron chi connectivity index (χ0n) is 15.0. The molecule has 138 valence electrons. The lowest BCUT2D eigenvalue weighted by Gasteiger charge is -2.33. The van der Waals surface area contributed by atoms with E-state index in [0.29, 0.717) is 32.4 Å². The maximum absolute atomic E-state index is 12.7. The number of piperidine rings is 1. The van der Waals surface area contributed by atoms with Crippen molar-refractivity contribution in [1.82, 2.24) is 10.2 Å². The number of carbonyl (C=O) groups excluding carboxylic acids is 3. The molecule has 0 aromatic heterocycles. The first-order chi connectivity index (χ1) is 11.1. The van der Waals surface area contributed by atoms with Gasteiger partial charge in [0.05, 0.1) is 0 Å². The van der Waals surface area contributed by atoms with E-state index >= 15 is 0 Å². The van der Waals surface area contributed by atoms with Crippen LogP contribution in [0.2, 0.25) is 0 Å². The average Bonchev–Trinajstić information content (AvgIpc) is 2.49. The molecule has 0 aliphatic carbocycles. The highest BCUT2D eigenvalue weighted by atomic mass is 32.2. The van der Waals surface area contributed by atoms with Crippen LogP contribution in [0.3, 0.4) is 0 Å². The van der Waals surface area contributed by atoms with E-state index in [2.05, 4.69) is 5.32 Å². The zero-order valence-corrected chi connectivity index (χ0v) is 15.8. The number of nitrogens with zero attached hydrogens (tertiary/aromatic N) is 1. The lowest BCUT2D eigenvalue weighted by molar-refractivity contribution is -0.136. The van der Waals surface area contributed by atoms with Crippen LogP contribution >= 0.6 is 11.8 Å². The number of likely N-dealkylation sites (tertiary alicyclic amines) is 1. The number of nitrogens with two attached hydrogens (primary N) is 1. The van der Waals surface area contributed by atoms with Crippen molar-refractivity contribution in [2.75, 3.05) is 25.1 Å². The van der Waals surface area contributed by atoms with Gasteiger partial charge in [0.25, 0.3) is 0 Å². The van der Waals surface area contributed by atoms with E-state index in [1.165, 1.54) is 0 Å². The van der Waals surface area contributed by atoms with Crippen LogP contribution in [0.15, 0.2) is 0 Å². The van der Waals surface area contributed by atoms with Crippen molar-refractivity contribution >= 4 is 29.7 Å². The number of ether oxygens (including phenoxy) is 1. The van der Waals surface area contributed by atoms with E-state index in [0.717, 1.165) is 5.75 Å². The van der Waals surface area contributed by atoms with Crippen LogP contribution in [0.5, 0.6) is 0 Å². The van der Waals surface area contributed by atoms with Crippen LogP contribution in [-0.4, -0.2) is 59.5 Å². The third-order valence-electron chi connectivity index (χ3n) is 3.81. The van der Waals surface area contributed by atoms with Crippen molar-refractivity contribution < 1.29 is 19.1 Å². The minimum absolute atomic E-state index is 0.127. The molecule has 1 heterocycles. The van der Waals surface area contributed by atoms with Crippen LogP contribution in [0.1, 0.15) is 40.0 Å². The number of hydrogen-bond acceptors (Lipinski definition) is 5. The summed E-state index contributed by atoms with van der Waals surface area (Å²) in [5.74, 6) is 0.146. The Kier molecular flexibility index (Phi) is 7.86. The average molecular weight is 359 g/mol. The topological polar surface area (TPSA) is 102 Å². The van der Waals surface area contributed by atoms with E-state index in [1.807, 2.05) is 6.26 Å². The Bertz CT molecular complexity index is 457. The molecule has 1 rings (SSSR count). The quantitative estimate of drug-likeness (QED) is 0.745. The Morgan fingerprint density at radius 1 is 1.29 bits per heavy atom. The minimum atomic E-state index is -0.614. The third-order valence-corrected chi connectivity index (χ3v) is 4.45. The van der Waals surface area contributed by atoms with Gasteiger partial charge in [-0.05, 0) is 52.0 Å². The van der Waals surface area contributed by atoms with Crippen molar-refractivity contribution in [2.45, 2.75) is 51.7 Å². The summed E-state index contributed by atoms with van der Waals surface area (Å²) in [6.07, 6.45) is 3.04. The molecule has 0 saturated carbocycles. The van der Waals surface area contributed by atoms with Gasteiger partial charge in [-0.25, -0.2) is 4.79 Å². The van der Waals surface area contributed by atoms with Gasteiger partial charge in [-0.3, -0.25) is 9.59 Å². The van der Waals surface area contributed by atoms with E-state index in [9.17, 15) is 14.4 Å². The van der Waals surface area contributed by atoms with Gasteiger partial charge >= 0.3 is 6.09 Å². The molecule has 3 N–H and O–H groups in total. The Morgan fingerprint density at radius 3 is 2.33 bits per heavy atom. The number of nitrogens with one attached hydrogen (secondary N) is 1. The number of thioether (sulfide) groups is 1. The second-order valence-corrected chi connectivity index (χ2v) is 7.97. The monoisotopic (exact) mass is 359 g/mol. The van der Waals surface area contributed by atoms with Crippen molar-refractivity contribution in [3.63, 3.8) is 0 Å². The summed E-state index contributed by atoms with van der Waals surface area (Å²) >= 11 is 1.61. The Labute approximate surface area is 148 Å². The van der Waals surface area contributed by atoms with Crippen LogP contribution in [-0.2, 0) is 14.3 Å². The van der Waals surface area contributed by atoms with Gasteiger partial charge in [-0.2, -0.15) is 11.8 Å². The molecule has 0 bridgehead atoms. The van der Waals surface area contributed by atoms with Crippen molar-refractivity contribution in [1.29, 1.82) is 0 Å². The van der Waals surface area contributed by atoms with Gasteiger partial charge < -0.3 is 20.7 Å². The van der Waals surface area contributed by atoms with Gasteiger partial charge in [0.2, 0.25) is 11.8 Å². The molecule has 24 heavy (non-hydrogen) atoms. The van der Waals surface area contributed by atoms with Gasteiger partial charge in [-0.15, -0.1) is 0 Å². The van der Waals surface area contributed by atoms with Crippen molar-refractivity contribution in [3.8, 4) is 0 Å². The maximum atomic E-state index is 12.7. The molecule has 1 fully saturated rings. The lowest BCUT2D eigenvalue weighted by atomic mass is 9.95. The van der Waals surface area contributed by atoms with Crippen LogP contribution in [0.25, 0.3) is 0 Å². The third kappa shape index (κ3) is 6.98. The summed E-state index contributed by atoms with van der Waals surface area (Å²) in [5.41, 5.74) is 4.71. The largest absolute Gasteiger partial charge is 0.444 e. The summed E-state index contributed by atoms with van der Waals surface area (Å²) in [7, 11) is 0. The second-order valence-electron chi connectivity index (χ2n) is 6.98. The molecule has 1 atom stereocenters. The lowest BCUT2D eigenvalue weighted by Crippen LogP contribution is -2.52. The molecule has 3 amide bonds. The first kappa shape index (κ1) is 20.6. The maximum Gasteiger partial charge on any atom is 0.408 e. The highest BCUT2D eigenvalue weighted by molar-refractivity contribution is 7.98. The minimum Gasteiger partial charge on any atom is -0.444 e. The highest BCUT2D eigenvalue weighted by Crippen LogP contribution is 2.18. The number of primary amides is 1. The molecule has 7 nitrogen and oxygen atoms in total. The summed E-state index contributed by atoms with van der Waals surface area (Å²) < 4.78 is 5.25. The number of alkyl carbamates (subject to hydrolysis) is 1. The number of rotatable bonds is 6. The molecule has 1 saturated heterocycles. The summed E-state index contributed by atoms with van der Waals surface area (Å²) in [5, 5.41) is 2.68. The predicted octanol–water partition coefficient (Wildman–Crippen LogP) is 1.36. The Balaban J connectivity index is 2.65. The van der Waals surface area contributed by atoms with E-state index < -0.39 is 17.7 Å². The van der Waals surface area contributed by atoms with Gasteiger partial charge in [-0.1, -0.05) is 0 Å². The molecule has 1 aliphatic rings. The number of amides is 3. The van der Waals surface area contributed by atoms with Crippen LogP contribution in [0.4, 0.5) is 4.79 Å². The van der Waals surface area contributed by atoms with Gasteiger partial charge in [0.1, 0.15) is 11.6 Å². The standard InChI is InChI=1S/C16H29N3O4S/c1-16(2,3)23-15(22)18-12(7-10-24-4)14(21)19-8-5-11(6-9-19)13(17)20/h11-12H,5-10H2,1-4H3,(H2,17,20)(H,18,22)/t12-/m1/s1. The van der Waals surface area contributed by atoms with Crippen LogP contribution < -0.4 is 11.1 Å². The molecule has 8 heteroatoms. The fourth-order valence-electron chi connectivity index (χ4n) is 2.55. The first-order valence-corrected chi connectivity index (χ1v) is 9.60. The smallest absolute Gasteiger partial charge is 0.408 e. The SMILES string of the molecule is CSCC[C@@H](NC(=O)OC(C)(C)C)C(=O)N1CCC(C(N)=O)CC1. The Hall–Kier alpha value is -1.44. The molecular weight excluding hydrogens is 330 g/mol. The summed E-state index contributed by atoms with van der Waals surface area (Å²) in [6.45, 7) is 6.30. The zero-order chi connectivity index (χ0) is 18.3. The molecule has 0 spiro atoms. The fourth-order valence-corrected chi connectivity index (χ4v) is 3.02. The Morgan fingerprint density at radius 2 is 1.88 bits per heavy atom. The van der Waals surface area contributed by atoms with Gasteiger partial charge in [0, 0.05) is 19.0 Å². The number of hydrogen-bond donors (Lipinski definition) is 2. The highest BCUT2D eigenvalue weighted by Gasteiger charge is 2.31. The molecule has 0 aromatic rings. The van der Waals surface area contributed by atoms with Crippen molar-refractivity contribution in [3.05, 3.63) is 0 Å². The number of carbonyl (C=O) groups is 3. The summed E-state index contributed by atoms with van der Waals surface area (Å²) in [4.78, 5) is 37.6. The van der Waals surface area contributed by atoms with Gasteiger partial charge in [0.15, 0.2) is 0 Å².